The van der Waals surface area contributed by atoms with Crippen molar-refractivity contribution in [3.8, 4) is 0 Å². The Morgan fingerprint density at radius 2 is 1.89 bits per heavy atom. The van der Waals surface area contributed by atoms with Crippen LogP contribution in [0.4, 0.5) is 0 Å². The van der Waals surface area contributed by atoms with Crippen LogP contribution in [0.15, 0.2) is 29.1 Å². The number of benzene rings is 1. The largest absolute Gasteiger partial charge is 0.333 e. The van der Waals surface area contributed by atoms with E-state index in [9.17, 15) is 9.59 Å². The minimum absolute atomic E-state index is 0.0219. The summed E-state index contributed by atoms with van der Waals surface area (Å²) in [6.07, 6.45) is 4.11. The number of fused-ring (bicyclic) bond motifs is 1. The summed E-state index contributed by atoms with van der Waals surface area (Å²) >= 11 is 0. The Hall–Kier alpha value is -2.17. The second-order valence-electron chi connectivity index (χ2n) is 7.83. The molecule has 0 bridgehead atoms. The first kappa shape index (κ1) is 22.1. The third kappa shape index (κ3) is 5.00. The van der Waals surface area contributed by atoms with Gasteiger partial charge in [0.1, 0.15) is 5.82 Å². The lowest BCUT2D eigenvalue weighted by Crippen LogP contribution is -2.39. The minimum atomic E-state index is -0.180. The minimum Gasteiger partial charge on any atom is -0.333 e. The molecule has 0 radical (unpaired) electrons. The highest BCUT2D eigenvalue weighted by molar-refractivity contribution is 5.78. The van der Waals surface area contributed by atoms with E-state index >= 15 is 0 Å². The van der Waals surface area contributed by atoms with Crippen molar-refractivity contribution in [3.05, 3.63) is 40.4 Å². The number of aromatic nitrogens is 2. The number of para-hydroxylation sites is 1. The van der Waals surface area contributed by atoms with Gasteiger partial charge in [-0.2, -0.15) is 0 Å². The summed E-state index contributed by atoms with van der Waals surface area (Å²) < 4.78 is 1.74. The van der Waals surface area contributed by atoms with Crippen LogP contribution in [0.3, 0.4) is 0 Å². The molecule has 1 unspecified atom stereocenters. The average Bonchev–Trinajstić information content (AvgIpc) is 2.69. The van der Waals surface area contributed by atoms with E-state index in [4.69, 9.17) is 4.98 Å². The maximum atomic E-state index is 13.1. The van der Waals surface area contributed by atoms with Gasteiger partial charge in [-0.05, 0) is 44.2 Å². The molecule has 5 nitrogen and oxygen atoms in total. The summed E-state index contributed by atoms with van der Waals surface area (Å²) in [6, 6.07) is 7.29. The van der Waals surface area contributed by atoms with Gasteiger partial charge in [0.25, 0.3) is 5.56 Å². The molecule has 0 spiro atoms. The molecular weight excluding hydrogens is 350 g/mol. The van der Waals surface area contributed by atoms with Crippen LogP contribution in [-0.2, 0) is 11.3 Å². The Balaban J connectivity index is 2.54. The molecule has 1 heterocycles. The molecule has 1 aromatic heterocycles. The molecule has 0 saturated heterocycles. The van der Waals surface area contributed by atoms with Gasteiger partial charge >= 0.3 is 0 Å². The molecule has 5 heteroatoms. The highest BCUT2D eigenvalue weighted by Crippen LogP contribution is 2.26. The molecule has 0 aliphatic carbocycles. The van der Waals surface area contributed by atoms with Crippen LogP contribution in [0.2, 0.25) is 0 Å². The summed E-state index contributed by atoms with van der Waals surface area (Å²) in [7, 11) is 0. The Kier molecular flexibility index (Phi) is 8.21. The second kappa shape index (κ2) is 10.4. The van der Waals surface area contributed by atoms with E-state index < -0.39 is 0 Å². The van der Waals surface area contributed by atoms with E-state index in [2.05, 4.69) is 27.7 Å². The van der Waals surface area contributed by atoms with Gasteiger partial charge in [0, 0.05) is 19.5 Å². The Morgan fingerprint density at radius 3 is 2.50 bits per heavy atom. The summed E-state index contributed by atoms with van der Waals surface area (Å²) in [6.45, 7) is 11.7. The van der Waals surface area contributed by atoms with Crippen molar-refractivity contribution >= 4 is 16.8 Å². The number of carbonyl (C=O) groups excluding carboxylic acids is 1. The number of unbranched alkanes of at least 4 members (excludes halogenated alkanes) is 1. The van der Waals surface area contributed by atoms with Crippen molar-refractivity contribution < 1.29 is 4.79 Å². The first-order valence-corrected chi connectivity index (χ1v) is 10.7. The van der Waals surface area contributed by atoms with E-state index in [-0.39, 0.29) is 17.5 Å². The van der Waals surface area contributed by atoms with E-state index in [0.717, 1.165) is 25.7 Å². The first-order valence-electron chi connectivity index (χ1n) is 10.7. The van der Waals surface area contributed by atoms with Crippen LogP contribution < -0.4 is 5.56 Å². The fourth-order valence-corrected chi connectivity index (χ4v) is 3.61. The molecule has 1 amide bonds. The molecule has 0 aliphatic rings. The number of carbonyl (C=O) groups is 1. The normalized spacial score (nSPS) is 12.5. The first-order chi connectivity index (χ1) is 13.4. The maximum absolute atomic E-state index is 13.1. The summed E-state index contributed by atoms with van der Waals surface area (Å²) in [5.41, 5.74) is 0.682. The van der Waals surface area contributed by atoms with E-state index in [0.29, 0.717) is 42.2 Å². The Labute approximate surface area is 168 Å². The number of amides is 1. The predicted molar refractivity (Wildman–Crippen MR) is 115 cm³/mol. The monoisotopic (exact) mass is 385 g/mol. The van der Waals surface area contributed by atoms with E-state index in [1.807, 2.05) is 36.1 Å². The maximum Gasteiger partial charge on any atom is 0.261 e. The molecule has 0 fully saturated rings. The van der Waals surface area contributed by atoms with E-state index in [1.54, 1.807) is 4.57 Å². The number of nitrogens with zero attached hydrogens (tertiary/aromatic N) is 3. The molecule has 154 valence electrons. The van der Waals surface area contributed by atoms with Crippen molar-refractivity contribution in [3.63, 3.8) is 0 Å². The van der Waals surface area contributed by atoms with Gasteiger partial charge in [-0.1, -0.05) is 46.2 Å². The summed E-state index contributed by atoms with van der Waals surface area (Å²) in [4.78, 5) is 32.9. The third-order valence-corrected chi connectivity index (χ3v) is 5.28. The molecule has 0 N–H and O–H groups in total. The molecule has 2 aromatic rings. The summed E-state index contributed by atoms with van der Waals surface area (Å²) in [5.74, 6) is 1.39. The number of hydrogen-bond acceptors (Lipinski definition) is 3. The Bertz CT molecular complexity index is 841. The average molecular weight is 386 g/mol. The van der Waals surface area contributed by atoms with Crippen LogP contribution in [0.25, 0.3) is 10.9 Å². The van der Waals surface area contributed by atoms with Crippen molar-refractivity contribution in [2.45, 2.75) is 79.3 Å². The zero-order valence-corrected chi connectivity index (χ0v) is 18.1. The van der Waals surface area contributed by atoms with Crippen molar-refractivity contribution in [1.29, 1.82) is 0 Å². The predicted octanol–water partition coefficient (Wildman–Crippen LogP) is 4.93. The van der Waals surface area contributed by atoms with Gasteiger partial charge < -0.3 is 4.90 Å². The second-order valence-corrected chi connectivity index (χ2v) is 7.83. The SMILES string of the molecule is CCCCC(=O)N(CCC(C)C)C(CC)c1nc2ccccc2c(=O)n1CC. The standard InChI is InChI=1S/C23H35N3O2/c1-6-9-14-21(27)26(16-15-17(4)5)20(7-2)22-24-19-13-11-10-12-18(19)23(28)25(22)8-3/h10-13,17,20H,6-9,14-16H2,1-5H3. The molecule has 0 aliphatic heterocycles. The van der Waals surface area contributed by atoms with Gasteiger partial charge in [0.15, 0.2) is 0 Å². The quantitative estimate of drug-likeness (QED) is 0.582. The molecule has 1 aromatic carbocycles. The number of hydrogen-bond donors (Lipinski definition) is 0. The Morgan fingerprint density at radius 1 is 1.18 bits per heavy atom. The van der Waals surface area contributed by atoms with Gasteiger partial charge in [0.2, 0.25) is 5.91 Å². The van der Waals surface area contributed by atoms with Gasteiger partial charge in [-0.15, -0.1) is 0 Å². The lowest BCUT2D eigenvalue weighted by atomic mass is 10.1. The van der Waals surface area contributed by atoms with Crippen LogP contribution in [0.5, 0.6) is 0 Å². The zero-order chi connectivity index (χ0) is 20.7. The van der Waals surface area contributed by atoms with Crippen LogP contribution in [0.1, 0.15) is 78.6 Å². The zero-order valence-electron chi connectivity index (χ0n) is 18.1. The van der Waals surface area contributed by atoms with Gasteiger partial charge in [-0.25, -0.2) is 4.98 Å². The van der Waals surface area contributed by atoms with Crippen LogP contribution >= 0.6 is 0 Å². The van der Waals surface area contributed by atoms with Crippen molar-refractivity contribution in [2.24, 2.45) is 5.92 Å². The topological polar surface area (TPSA) is 55.2 Å². The van der Waals surface area contributed by atoms with Gasteiger partial charge in [0.05, 0.1) is 16.9 Å². The molecular formula is C23H35N3O2. The fraction of sp³-hybridized carbons (Fsp3) is 0.609. The highest BCUT2D eigenvalue weighted by atomic mass is 16.2. The molecule has 28 heavy (non-hydrogen) atoms. The molecule has 2 rings (SSSR count). The third-order valence-electron chi connectivity index (χ3n) is 5.28. The molecule has 0 saturated carbocycles. The van der Waals surface area contributed by atoms with Crippen molar-refractivity contribution in [1.82, 2.24) is 14.5 Å². The van der Waals surface area contributed by atoms with Gasteiger partial charge in [-0.3, -0.25) is 14.2 Å². The van der Waals surface area contributed by atoms with E-state index in [1.165, 1.54) is 0 Å². The van der Waals surface area contributed by atoms with Crippen LogP contribution in [-0.4, -0.2) is 26.9 Å². The fourth-order valence-electron chi connectivity index (χ4n) is 3.61. The lowest BCUT2D eigenvalue weighted by molar-refractivity contribution is -0.134. The molecule has 1 atom stereocenters. The number of rotatable bonds is 10. The van der Waals surface area contributed by atoms with Crippen molar-refractivity contribution in [2.75, 3.05) is 6.54 Å². The summed E-state index contributed by atoms with van der Waals surface area (Å²) in [5, 5.41) is 0.633. The highest BCUT2D eigenvalue weighted by Gasteiger charge is 2.27. The lowest BCUT2D eigenvalue weighted by Gasteiger charge is -2.33. The van der Waals surface area contributed by atoms with Crippen LogP contribution in [0, 0.1) is 5.92 Å². The smallest absolute Gasteiger partial charge is 0.261 e.